The third-order valence-electron chi connectivity index (χ3n) is 4.60. The normalized spacial score (nSPS) is 15.0. The van der Waals surface area contributed by atoms with Crippen molar-refractivity contribution in [3.63, 3.8) is 0 Å². The van der Waals surface area contributed by atoms with E-state index < -0.39 is 11.4 Å². The lowest BCUT2D eigenvalue weighted by molar-refractivity contribution is -0.127. The van der Waals surface area contributed by atoms with Crippen LogP contribution >= 0.6 is 0 Å². The van der Waals surface area contributed by atoms with E-state index in [0.717, 1.165) is 5.56 Å². The summed E-state index contributed by atoms with van der Waals surface area (Å²) in [5.74, 6) is 0.145. The number of hydrogen-bond acceptors (Lipinski definition) is 3. The molecule has 0 bridgehead atoms. The molecule has 2 N–H and O–H groups in total. The Morgan fingerprint density at radius 1 is 1.28 bits per heavy atom. The molecule has 0 saturated heterocycles. The largest absolute Gasteiger partial charge is 0.490 e. The molecule has 0 aliphatic carbocycles. The molecule has 0 spiro atoms. The van der Waals surface area contributed by atoms with Gasteiger partial charge in [-0.2, -0.15) is 0 Å². The Morgan fingerprint density at radius 3 is 2.69 bits per heavy atom. The molecule has 0 saturated carbocycles. The van der Waals surface area contributed by atoms with E-state index in [1.54, 1.807) is 41.3 Å². The van der Waals surface area contributed by atoms with Crippen molar-refractivity contribution in [2.45, 2.75) is 20.4 Å². The molecular weight excluding hydrogens is 373 g/mol. The Labute approximate surface area is 169 Å². The summed E-state index contributed by atoms with van der Waals surface area (Å²) in [6.45, 7) is 8.25. The smallest absolute Gasteiger partial charge is 0.319 e. The molecule has 0 atom stereocenters. The lowest BCUT2D eigenvalue weighted by Crippen LogP contribution is -2.42. The van der Waals surface area contributed by atoms with Gasteiger partial charge >= 0.3 is 6.03 Å². The van der Waals surface area contributed by atoms with Crippen molar-refractivity contribution in [2.75, 3.05) is 23.4 Å². The van der Waals surface area contributed by atoms with Crippen LogP contribution < -0.4 is 20.3 Å². The lowest BCUT2D eigenvalue weighted by Gasteiger charge is -2.27. The van der Waals surface area contributed by atoms with Gasteiger partial charge in [0.2, 0.25) is 5.91 Å². The van der Waals surface area contributed by atoms with Gasteiger partial charge in [-0.1, -0.05) is 18.2 Å². The Balaban J connectivity index is 1.71. The molecule has 152 valence electrons. The number of halogens is 1. The summed E-state index contributed by atoms with van der Waals surface area (Å²) >= 11 is 0. The van der Waals surface area contributed by atoms with Crippen LogP contribution in [0.2, 0.25) is 0 Å². The summed E-state index contributed by atoms with van der Waals surface area (Å²) in [7, 11) is 0. The summed E-state index contributed by atoms with van der Waals surface area (Å²) in [6, 6.07) is 10.7. The van der Waals surface area contributed by atoms with Crippen LogP contribution in [0.1, 0.15) is 19.4 Å². The van der Waals surface area contributed by atoms with Gasteiger partial charge in [0.05, 0.1) is 11.1 Å². The van der Waals surface area contributed by atoms with E-state index in [-0.39, 0.29) is 24.9 Å². The molecular formula is C22H24FN3O3. The minimum atomic E-state index is -0.678. The maximum absolute atomic E-state index is 12.9. The van der Waals surface area contributed by atoms with Crippen LogP contribution in [0, 0.1) is 11.2 Å². The van der Waals surface area contributed by atoms with Crippen molar-refractivity contribution in [1.29, 1.82) is 0 Å². The number of fused-ring (bicyclic) bond motifs is 1. The molecule has 2 aromatic rings. The van der Waals surface area contributed by atoms with Crippen LogP contribution in [0.25, 0.3) is 0 Å². The van der Waals surface area contributed by atoms with Gasteiger partial charge in [-0.05, 0) is 43.7 Å². The second-order valence-corrected chi connectivity index (χ2v) is 7.49. The molecule has 0 radical (unpaired) electrons. The third-order valence-corrected chi connectivity index (χ3v) is 4.60. The fourth-order valence-corrected chi connectivity index (χ4v) is 3.00. The number of ether oxygens (including phenoxy) is 1. The van der Waals surface area contributed by atoms with Gasteiger partial charge in [0, 0.05) is 24.8 Å². The van der Waals surface area contributed by atoms with Gasteiger partial charge in [0.25, 0.3) is 0 Å². The van der Waals surface area contributed by atoms with E-state index in [0.29, 0.717) is 23.7 Å². The number of hydrogen-bond donors (Lipinski definition) is 2. The van der Waals surface area contributed by atoms with Gasteiger partial charge in [-0.25, -0.2) is 9.18 Å². The van der Waals surface area contributed by atoms with Crippen molar-refractivity contribution >= 4 is 23.3 Å². The first-order valence-electron chi connectivity index (χ1n) is 9.29. The first-order valence-corrected chi connectivity index (χ1v) is 9.29. The number of benzene rings is 2. The van der Waals surface area contributed by atoms with Crippen molar-refractivity contribution in [2.24, 2.45) is 5.41 Å². The second-order valence-electron chi connectivity index (χ2n) is 7.49. The van der Waals surface area contributed by atoms with Crippen LogP contribution in [-0.2, 0) is 11.3 Å². The molecule has 0 aromatic heterocycles. The van der Waals surface area contributed by atoms with E-state index in [1.807, 2.05) is 13.8 Å². The van der Waals surface area contributed by atoms with Gasteiger partial charge in [-0.15, -0.1) is 6.58 Å². The number of urea groups is 1. The molecule has 3 rings (SSSR count). The van der Waals surface area contributed by atoms with Crippen molar-refractivity contribution in [3.8, 4) is 5.75 Å². The Bertz CT molecular complexity index is 925. The Kier molecular flexibility index (Phi) is 5.87. The SMILES string of the molecule is C=CCN1C(=O)C(C)(C)COc2cc(NC(=O)NCc3ccc(F)cc3)ccc21. The fraction of sp³-hybridized carbons (Fsp3) is 0.273. The van der Waals surface area contributed by atoms with Gasteiger partial charge in [-0.3, -0.25) is 4.79 Å². The van der Waals surface area contributed by atoms with Crippen LogP contribution in [0.3, 0.4) is 0 Å². The maximum atomic E-state index is 12.9. The third kappa shape index (κ3) is 4.74. The zero-order valence-electron chi connectivity index (χ0n) is 16.5. The van der Waals surface area contributed by atoms with E-state index >= 15 is 0 Å². The van der Waals surface area contributed by atoms with Crippen molar-refractivity contribution < 1.29 is 18.7 Å². The van der Waals surface area contributed by atoms with Gasteiger partial charge < -0.3 is 20.3 Å². The number of nitrogens with one attached hydrogen (secondary N) is 2. The second kappa shape index (κ2) is 8.34. The molecule has 29 heavy (non-hydrogen) atoms. The minimum Gasteiger partial charge on any atom is -0.490 e. The summed E-state index contributed by atoms with van der Waals surface area (Å²) in [4.78, 5) is 26.6. The summed E-state index contributed by atoms with van der Waals surface area (Å²) < 4.78 is 18.8. The monoisotopic (exact) mass is 397 g/mol. The number of rotatable bonds is 5. The molecule has 2 aromatic carbocycles. The maximum Gasteiger partial charge on any atom is 0.319 e. The molecule has 0 unspecified atom stereocenters. The van der Waals surface area contributed by atoms with Crippen LogP contribution in [-0.4, -0.2) is 25.1 Å². The first-order chi connectivity index (χ1) is 13.8. The Morgan fingerprint density at radius 2 is 2.00 bits per heavy atom. The van der Waals surface area contributed by atoms with Crippen LogP contribution in [0.15, 0.2) is 55.1 Å². The fourth-order valence-electron chi connectivity index (χ4n) is 3.00. The number of carbonyl (C=O) groups excluding carboxylic acids is 2. The molecule has 1 aliphatic rings. The first kappa shape index (κ1) is 20.4. The predicted molar refractivity (Wildman–Crippen MR) is 111 cm³/mol. The standard InChI is InChI=1S/C22H24FN3O3/c1-4-11-26-18-10-9-17(12-19(18)29-14-22(2,3)20(26)27)25-21(28)24-13-15-5-7-16(23)8-6-15/h4-10,12H,1,11,13-14H2,2-3H3,(H2,24,25,28). The molecule has 0 fully saturated rings. The average molecular weight is 397 g/mol. The number of amides is 3. The highest BCUT2D eigenvalue weighted by Gasteiger charge is 2.37. The molecule has 6 nitrogen and oxygen atoms in total. The zero-order chi connectivity index (χ0) is 21.0. The van der Waals surface area contributed by atoms with E-state index in [2.05, 4.69) is 17.2 Å². The number of nitrogens with zero attached hydrogens (tertiary/aromatic N) is 1. The zero-order valence-corrected chi connectivity index (χ0v) is 16.5. The van der Waals surface area contributed by atoms with E-state index in [9.17, 15) is 14.0 Å². The number of anilines is 2. The number of carbonyl (C=O) groups is 2. The van der Waals surface area contributed by atoms with Gasteiger partial charge in [0.1, 0.15) is 18.2 Å². The van der Waals surface area contributed by atoms with Crippen LogP contribution in [0.5, 0.6) is 5.75 Å². The summed E-state index contributed by atoms with van der Waals surface area (Å²) in [6.07, 6.45) is 1.66. The minimum absolute atomic E-state index is 0.0473. The highest BCUT2D eigenvalue weighted by atomic mass is 19.1. The molecule has 7 heteroatoms. The van der Waals surface area contributed by atoms with E-state index in [4.69, 9.17) is 4.74 Å². The van der Waals surface area contributed by atoms with E-state index in [1.165, 1.54) is 12.1 Å². The van der Waals surface area contributed by atoms with Crippen molar-refractivity contribution in [3.05, 3.63) is 66.5 Å². The lowest BCUT2D eigenvalue weighted by atomic mass is 9.93. The molecule has 3 amide bonds. The average Bonchev–Trinajstić information content (AvgIpc) is 2.78. The topological polar surface area (TPSA) is 70.7 Å². The predicted octanol–water partition coefficient (Wildman–Crippen LogP) is 4.09. The molecule has 1 aliphatic heterocycles. The van der Waals surface area contributed by atoms with Crippen LogP contribution in [0.4, 0.5) is 20.6 Å². The molecule has 1 heterocycles. The quantitative estimate of drug-likeness (QED) is 0.747. The van der Waals surface area contributed by atoms with Gasteiger partial charge in [0.15, 0.2) is 0 Å². The highest BCUT2D eigenvalue weighted by Crippen LogP contribution is 2.38. The summed E-state index contributed by atoms with van der Waals surface area (Å²) in [5.41, 5.74) is 1.28. The Hall–Kier alpha value is -3.35. The summed E-state index contributed by atoms with van der Waals surface area (Å²) in [5, 5.41) is 5.46. The highest BCUT2D eigenvalue weighted by molar-refractivity contribution is 6.00. The van der Waals surface area contributed by atoms with Crippen molar-refractivity contribution in [1.82, 2.24) is 5.32 Å².